The lowest BCUT2D eigenvalue weighted by Gasteiger charge is -2.38. The molecule has 3 N–H and O–H groups in total. The highest BCUT2D eigenvalue weighted by atomic mass is 19.1. The fourth-order valence-corrected chi connectivity index (χ4v) is 5.37. The molecule has 2 fully saturated rings. The molecule has 1 aromatic carbocycles. The maximum Gasteiger partial charge on any atom is 0.317 e. The van der Waals surface area contributed by atoms with Gasteiger partial charge in [0.05, 0.1) is 6.10 Å². The first-order valence-corrected chi connectivity index (χ1v) is 12.8. The minimum atomic E-state index is -0.617. The molecule has 0 radical (unpaired) electrons. The first kappa shape index (κ1) is 26.8. The lowest BCUT2D eigenvalue weighted by Crippen LogP contribution is -2.51. The maximum atomic E-state index is 14.7. The van der Waals surface area contributed by atoms with E-state index in [9.17, 15) is 13.6 Å². The van der Waals surface area contributed by atoms with Gasteiger partial charge < -0.3 is 25.4 Å². The summed E-state index contributed by atoms with van der Waals surface area (Å²) >= 11 is 0. The maximum absolute atomic E-state index is 14.7. The minimum absolute atomic E-state index is 0.0355. The Kier molecular flexibility index (Phi) is 11.0. The molecule has 1 aliphatic carbocycles. The molecule has 0 bridgehead atoms. The SMILES string of the molecule is COCCCO[C@@H](c1ccc(F)cc1F)[C@@H]1CCCN(C(=O)NC(CN)CC2CCCCC2)C1. The average molecular weight is 482 g/mol. The number of amides is 2. The Balaban J connectivity index is 1.64. The van der Waals surface area contributed by atoms with Gasteiger partial charge in [0.25, 0.3) is 0 Å². The number of benzene rings is 1. The summed E-state index contributed by atoms with van der Waals surface area (Å²) in [6.45, 7) is 2.46. The quantitative estimate of drug-likeness (QED) is 0.446. The Labute approximate surface area is 202 Å². The van der Waals surface area contributed by atoms with Gasteiger partial charge in [0.2, 0.25) is 0 Å². The van der Waals surface area contributed by atoms with Crippen LogP contribution in [0.3, 0.4) is 0 Å². The van der Waals surface area contributed by atoms with E-state index in [-0.39, 0.29) is 18.0 Å². The highest BCUT2D eigenvalue weighted by Gasteiger charge is 2.33. The van der Waals surface area contributed by atoms with Crippen molar-refractivity contribution in [3.63, 3.8) is 0 Å². The van der Waals surface area contributed by atoms with E-state index in [4.69, 9.17) is 15.2 Å². The van der Waals surface area contributed by atoms with E-state index >= 15 is 0 Å². The monoisotopic (exact) mass is 481 g/mol. The van der Waals surface area contributed by atoms with Crippen LogP contribution in [0.15, 0.2) is 18.2 Å². The van der Waals surface area contributed by atoms with Gasteiger partial charge in [0.15, 0.2) is 0 Å². The van der Waals surface area contributed by atoms with Crippen molar-refractivity contribution in [2.45, 2.75) is 69.9 Å². The van der Waals surface area contributed by atoms with Crippen LogP contribution in [-0.2, 0) is 9.47 Å². The zero-order valence-corrected chi connectivity index (χ0v) is 20.4. The molecule has 0 spiro atoms. The molecule has 192 valence electrons. The third kappa shape index (κ3) is 7.89. The number of likely N-dealkylation sites (tertiary alicyclic amines) is 1. The van der Waals surface area contributed by atoms with Crippen LogP contribution < -0.4 is 11.1 Å². The third-order valence-corrected chi connectivity index (χ3v) is 7.19. The predicted octanol–water partition coefficient (Wildman–Crippen LogP) is 4.78. The molecule has 0 aromatic heterocycles. The first-order chi connectivity index (χ1) is 16.5. The van der Waals surface area contributed by atoms with Gasteiger partial charge in [-0.2, -0.15) is 0 Å². The molecule has 1 saturated heterocycles. The van der Waals surface area contributed by atoms with Crippen molar-refractivity contribution >= 4 is 6.03 Å². The van der Waals surface area contributed by atoms with Crippen LogP contribution in [0.2, 0.25) is 0 Å². The van der Waals surface area contributed by atoms with Crippen molar-refractivity contribution < 1.29 is 23.0 Å². The van der Waals surface area contributed by atoms with Gasteiger partial charge in [-0.3, -0.25) is 0 Å². The number of ether oxygens (including phenoxy) is 2. The zero-order valence-electron chi connectivity index (χ0n) is 20.4. The number of nitrogens with zero attached hydrogens (tertiary/aromatic N) is 1. The van der Waals surface area contributed by atoms with Gasteiger partial charge in [-0.15, -0.1) is 0 Å². The van der Waals surface area contributed by atoms with E-state index in [1.165, 1.54) is 44.2 Å². The number of hydrogen-bond acceptors (Lipinski definition) is 4. The largest absolute Gasteiger partial charge is 0.385 e. The molecule has 1 saturated carbocycles. The van der Waals surface area contributed by atoms with Gasteiger partial charge in [0.1, 0.15) is 11.6 Å². The summed E-state index contributed by atoms with van der Waals surface area (Å²) in [6.07, 6.45) is 8.89. The summed E-state index contributed by atoms with van der Waals surface area (Å²) in [5.74, 6) is -0.691. The number of urea groups is 1. The fourth-order valence-electron chi connectivity index (χ4n) is 5.37. The van der Waals surface area contributed by atoms with E-state index in [1.807, 2.05) is 0 Å². The number of hydrogen-bond donors (Lipinski definition) is 2. The van der Waals surface area contributed by atoms with Crippen LogP contribution in [0.5, 0.6) is 0 Å². The molecule has 34 heavy (non-hydrogen) atoms. The van der Waals surface area contributed by atoms with E-state index < -0.39 is 17.7 Å². The number of nitrogens with one attached hydrogen (secondary N) is 1. The number of nitrogens with two attached hydrogens (primary N) is 1. The smallest absolute Gasteiger partial charge is 0.317 e. The average Bonchev–Trinajstić information content (AvgIpc) is 2.85. The van der Waals surface area contributed by atoms with E-state index in [1.54, 1.807) is 12.0 Å². The number of carbonyl (C=O) groups is 1. The van der Waals surface area contributed by atoms with Gasteiger partial charge in [0, 0.05) is 63.5 Å². The summed E-state index contributed by atoms with van der Waals surface area (Å²) in [5, 5.41) is 3.14. The minimum Gasteiger partial charge on any atom is -0.385 e. The van der Waals surface area contributed by atoms with Crippen molar-refractivity contribution in [3.8, 4) is 0 Å². The molecule has 1 heterocycles. The Bertz CT molecular complexity index is 761. The molecule has 3 atom stereocenters. The van der Waals surface area contributed by atoms with Crippen molar-refractivity contribution in [2.24, 2.45) is 17.6 Å². The standard InChI is InChI=1S/C26H41F2N3O3/c1-33-13-6-14-34-25(23-11-10-21(27)16-24(23)28)20-9-5-12-31(18-20)26(32)30-22(17-29)15-19-7-3-2-4-8-19/h10-11,16,19-20,22,25H,2-9,12-15,17-18,29H2,1H3,(H,30,32)/t20-,22?,25-/m1/s1. The molecule has 8 heteroatoms. The number of rotatable bonds is 11. The summed E-state index contributed by atoms with van der Waals surface area (Å²) in [4.78, 5) is 14.9. The van der Waals surface area contributed by atoms with Crippen LogP contribution in [0.1, 0.15) is 69.5 Å². The topological polar surface area (TPSA) is 76.8 Å². The number of piperidine rings is 1. The zero-order chi connectivity index (χ0) is 24.3. The van der Waals surface area contributed by atoms with Crippen molar-refractivity contribution in [1.82, 2.24) is 10.2 Å². The predicted molar refractivity (Wildman–Crippen MR) is 128 cm³/mol. The Morgan fingerprint density at radius 1 is 1.18 bits per heavy atom. The van der Waals surface area contributed by atoms with E-state index in [0.717, 1.165) is 25.3 Å². The third-order valence-electron chi connectivity index (χ3n) is 7.19. The van der Waals surface area contributed by atoms with E-state index in [2.05, 4.69) is 5.32 Å². The van der Waals surface area contributed by atoms with Gasteiger partial charge in [-0.05, 0) is 37.7 Å². The normalized spacial score (nSPS) is 21.3. The first-order valence-electron chi connectivity index (χ1n) is 12.8. The summed E-state index contributed by atoms with van der Waals surface area (Å²) in [6, 6.07) is 3.46. The molecule has 2 amide bonds. The van der Waals surface area contributed by atoms with Crippen LogP contribution in [0.4, 0.5) is 13.6 Å². The second-order valence-electron chi connectivity index (χ2n) is 9.77. The Hall–Kier alpha value is -1.77. The van der Waals surface area contributed by atoms with Crippen LogP contribution >= 0.6 is 0 Å². The molecule has 1 unspecified atom stereocenters. The van der Waals surface area contributed by atoms with Crippen molar-refractivity contribution in [1.29, 1.82) is 0 Å². The molecule has 1 aromatic rings. The number of carbonyl (C=O) groups excluding carboxylic acids is 1. The van der Waals surface area contributed by atoms with Gasteiger partial charge in [-0.25, -0.2) is 13.6 Å². The summed E-state index contributed by atoms with van der Waals surface area (Å²) < 4.78 is 39.4. The summed E-state index contributed by atoms with van der Waals surface area (Å²) in [5.41, 5.74) is 6.33. The van der Waals surface area contributed by atoms with E-state index in [0.29, 0.717) is 50.8 Å². The molecule has 3 rings (SSSR count). The summed E-state index contributed by atoms with van der Waals surface area (Å²) in [7, 11) is 1.62. The molecular formula is C26H41F2N3O3. The second-order valence-corrected chi connectivity index (χ2v) is 9.77. The van der Waals surface area contributed by atoms with Gasteiger partial charge in [-0.1, -0.05) is 38.2 Å². The van der Waals surface area contributed by atoms with Gasteiger partial charge >= 0.3 is 6.03 Å². The van der Waals surface area contributed by atoms with Crippen LogP contribution in [0.25, 0.3) is 0 Å². The molecular weight excluding hydrogens is 440 g/mol. The lowest BCUT2D eigenvalue weighted by molar-refractivity contribution is -0.0186. The van der Waals surface area contributed by atoms with Crippen molar-refractivity contribution in [3.05, 3.63) is 35.4 Å². The molecule has 6 nitrogen and oxygen atoms in total. The second kappa shape index (κ2) is 14.0. The number of halogens is 2. The lowest BCUT2D eigenvalue weighted by atomic mass is 9.85. The fraction of sp³-hybridized carbons (Fsp3) is 0.731. The van der Waals surface area contributed by atoms with Crippen LogP contribution in [-0.4, -0.2) is 56.9 Å². The van der Waals surface area contributed by atoms with Crippen LogP contribution in [0, 0.1) is 23.5 Å². The molecule has 2 aliphatic rings. The Morgan fingerprint density at radius 3 is 2.68 bits per heavy atom. The van der Waals surface area contributed by atoms with Crippen molar-refractivity contribution in [2.75, 3.05) is 40.0 Å². The molecule has 1 aliphatic heterocycles. The Morgan fingerprint density at radius 2 is 1.97 bits per heavy atom. The number of methoxy groups -OCH3 is 1. The highest BCUT2D eigenvalue weighted by molar-refractivity contribution is 5.74. The highest BCUT2D eigenvalue weighted by Crippen LogP contribution is 2.35.